The van der Waals surface area contributed by atoms with Gasteiger partial charge in [-0.2, -0.15) is 0 Å². The summed E-state index contributed by atoms with van der Waals surface area (Å²) in [6, 6.07) is 0. The number of rotatable bonds is 0. The average Bonchev–Trinajstić information content (AvgIpc) is 0. The molecule has 0 unspecified atom stereocenters. The van der Waals surface area contributed by atoms with Crippen LogP contribution in [-0.4, -0.2) is 0 Å². The molecule has 7 heavy (non-hydrogen) atoms. The average molecular weight is 412 g/mol. The van der Waals surface area contributed by atoms with Crippen LogP contribution in [0.2, 0.25) is 0 Å². The van der Waals surface area contributed by atoms with E-state index in [9.17, 15) is 0 Å². The Morgan fingerprint density at radius 2 is 0.429 bits per heavy atom. The second-order valence-corrected chi connectivity index (χ2v) is 0. The predicted molar refractivity (Wildman–Crippen MR) is 2.06 cm³/mol. The minimum Gasteiger partial charge on any atom is -2.00 e. The van der Waals surface area contributed by atoms with Gasteiger partial charge in [-0.05, 0) is 0 Å². The molecule has 2 radical (unpaired) electrons. The first kappa shape index (κ1) is 76.0. The van der Waals surface area contributed by atoms with Gasteiger partial charge in [0.15, 0.2) is 0 Å². The summed E-state index contributed by atoms with van der Waals surface area (Å²) in [5.74, 6) is 0. The van der Waals surface area contributed by atoms with Crippen molar-refractivity contribution >= 4 is 0 Å². The van der Waals surface area contributed by atoms with Crippen LogP contribution in [0.4, 0.5) is 0 Å². The normalized spacial score (nSPS) is 0. The summed E-state index contributed by atoms with van der Waals surface area (Å²) >= 11 is 0. The van der Waals surface area contributed by atoms with E-state index < -0.39 is 0 Å². The molecule has 0 aromatic heterocycles. The predicted octanol–water partition coefficient (Wildman–Crippen LogP) is -0.366. The minimum absolute atomic E-state index is 0. The van der Waals surface area contributed by atoms with Crippen LogP contribution in [0, 0.1) is 0 Å². The van der Waals surface area contributed by atoms with E-state index in [0.717, 1.165) is 0 Å². The quantitative estimate of drug-likeness (QED) is 0.487. The van der Waals surface area contributed by atoms with E-state index in [1.807, 2.05) is 0 Å². The minimum atomic E-state index is 0. The Morgan fingerprint density at radius 3 is 0.429 bits per heavy atom. The van der Waals surface area contributed by atoms with Crippen molar-refractivity contribution in [1.29, 1.82) is 0 Å². The van der Waals surface area contributed by atoms with Gasteiger partial charge >= 0.3 is 65.4 Å². The van der Waals surface area contributed by atoms with E-state index in [2.05, 4.69) is 0 Å². The Hall–Kier alpha value is 3.57. The molecule has 0 saturated carbocycles. The summed E-state index contributed by atoms with van der Waals surface area (Å²) in [5.41, 5.74) is 0. The maximum Gasteiger partial charge on any atom is 3.00 e. The molecule has 0 bridgehead atoms. The third kappa shape index (κ3) is 43.0. The van der Waals surface area contributed by atoms with Crippen molar-refractivity contribution in [3.05, 3.63) is 0 Å². The first-order valence-electron chi connectivity index (χ1n) is 0. The van der Waals surface area contributed by atoms with Gasteiger partial charge in [-0.15, -0.1) is 0 Å². The number of hydrogen-bond donors (Lipinski definition) is 0. The maximum atomic E-state index is 0. The number of hydrogen-bond acceptors (Lipinski definition) is 0. The monoisotopic (exact) mass is 412 g/mol. The summed E-state index contributed by atoms with van der Waals surface area (Å²) < 4.78 is 0. The van der Waals surface area contributed by atoms with Crippen molar-refractivity contribution in [1.82, 2.24) is 0 Å². The summed E-state index contributed by atoms with van der Waals surface area (Å²) in [5, 5.41) is 0. The van der Waals surface area contributed by atoms with E-state index in [1.165, 1.54) is 0 Å². The van der Waals surface area contributed by atoms with Crippen LogP contribution in [0.3, 0.4) is 0 Å². The van der Waals surface area contributed by atoms with Gasteiger partial charge in [0.1, 0.15) is 0 Å². The summed E-state index contributed by atoms with van der Waals surface area (Å²) in [7, 11) is 0. The van der Waals surface area contributed by atoms with Gasteiger partial charge in [-0.25, -0.2) is 0 Å². The molecule has 0 aliphatic carbocycles. The first-order chi connectivity index (χ1) is 0. The molecule has 7 heteroatoms. The van der Waals surface area contributed by atoms with Crippen LogP contribution in [-0.2, 0) is 127 Å². The van der Waals surface area contributed by atoms with E-state index in [-0.39, 0.29) is 127 Å². The third-order valence-electron chi connectivity index (χ3n) is 0. The topological polar surface area (TPSA) is 85.5 Å². The van der Waals surface area contributed by atoms with Crippen molar-refractivity contribution in [3.63, 3.8) is 0 Å². The molecule has 0 saturated heterocycles. The molecule has 0 aliphatic heterocycles. The van der Waals surface area contributed by atoms with E-state index in [4.69, 9.17) is 0 Å². The SMILES string of the molecule is [Nb].[Nb].[O-2].[O-2].[O-2].[Y+3].[Y+3]. The summed E-state index contributed by atoms with van der Waals surface area (Å²) in [6.07, 6.45) is 0. The molecule has 0 spiro atoms. The van der Waals surface area contributed by atoms with Gasteiger partial charge in [0.25, 0.3) is 0 Å². The Morgan fingerprint density at radius 1 is 0.429 bits per heavy atom. The summed E-state index contributed by atoms with van der Waals surface area (Å²) in [4.78, 5) is 0. The van der Waals surface area contributed by atoms with Gasteiger partial charge in [0.2, 0.25) is 0 Å². The van der Waals surface area contributed by atoms with Crippen LogP contribution >= 0.6 is 0 Å². The Balaban J connectivity index is 0. The molecule has 0 fully saturated rings. The Bertz CT molecular complexity index is 10.9. The van der Waals surface area contributed by atoms with Gasteiger partial charge in [-0.1, -0.05) is 0 Å². The molecule has 3 nitrogen and oxygen atoms in total. The largest absolute Gasteiger partial charge is 3.00 e. The van der Waals surface area contributed by atoms with Crippen molar-refractivity contribution in [2.24, 2.45) is 0 Å². The maximum absolute atomic E-state index is 0. The van der Waals surface area contributed by atoms with Gasteiger partial charge in [-0.3, -0.25) is 0 Å². The van der Waals surface area contributed by atoms with Crippen LogP contribution in [0.5, 0.6) is 0 Å². The van der Waals surface area contributed by atoms with E-state index >= 15 is 0 Å². The van der Waals surface area contributed by atoms with Crippen molar-refractivity contribution in [2.75, 3.05) is 0 Å². The van der Waals surface area contributed by atoms with E-state index in [0.29, 0.717) is 0 Å². The van der Waals surface area contributed by atoms with Crippen molar-refractivity contribution < 1.29 is 127 Å². The van der Waals surface area contributed by atoms with Gasteiger partial charge in [0, 0.05) is 44.8 Å². The molecule has 0 N–H and O–H groups in total. The zero-order valence-electron chi connectivity index (χ0n) is 3.27. The van der Waals surface area contributed by atoms with Gasteiger partial charge < -0.3 is 16.4 Å². The van der Waals surface area contributed by atoms with Crippen LogP contribution in [0.1, 0.15) is 0 Å². The molecule has 0 amide bonds. The van der Waals surface area contributed by atoms with Crippen LogP contribution in [0.25, 0.3) is 0 Å². The third-order valence-corrected chi connectivity index (χ3v) is 0. The smallest absolute Gasteiger partial charge is 2.00 e. The van der Waals surface area contributed by atoms with Crippen molar-refractivity contribution in [2.45, 2.75) is 0 Å². The Labute approximate surface area is 124 Å². The van der Waals surface area contributed by atoms with Gasteiger partial charge in [0.05, 0.1) is 0 Å². The molecule has 0 aromatic carbocycles. The molecule has 34 valence electrons. The second kappa shape index (κ2) is 55.2. The second-order valence-electron chi connectivity index (χ2n) is 0. The fourth-order valence-corrected chi connectivity index (χ4v) is 0. The molecule has 0 rings (SSSR count). The van der Waals surface area contributed by atoms with E-state index in [1.54, 1.807) is 0 Å². The molecule has 0 aromatic rings. The zero-order valence-corrected chi connectivity index (χ0v) is 13.3. The fraction of sp³-hybridized carbons (Fsp3) is 0. The Kier molecular flexibility index (Phi) is 599. The summed E-state index contributed by atoms with van der Waals surface area (Å²) in [6.45, 7) is 0. The van der Waals surface area contributed by atoms with Crippen molar-refractivity contribution in [3.8, 4) is 0 Å². The zero-order chi connectivity index (χ0) is 0. The molecule has 0 aliphatic rings. The molecular formula is Nb2O3Y2. The molecule has 0 atom stereocenters. The molecule has 0 heterocycles. The fourth-order valence-electron chi connectivity index (χ4n) is 0. The first-order valence-corrected chi connectivity index (χ1v) is 0. The standard InChI is InChI=1S/2Nb.3O.2Y/q;;3*-2;2*+3. The van der Waals surface area contributed by atoms with Crippen LogP contribution < -0.4 is 0 Å². The van der Waals surface area contributed by atoms with Crippen LogP contribution in [0.15, 0.2) is 0 Å². The molecular weight excluding hydrogens is 412 g/mol.